The smallest absolute Gasteiger partial charge is 0.416 e. The zero-order valence-corrected chi connectivity index (χ0v) is 34.2. The molecule has 0 atom stereocenters. The molecule has 0 amide bonds. The lowest BCUT2D eigenvalue weighted by atomic mass is 9.69. The molecule has 6 aromatic carbocycles. The SMILES string of the molecule is CCCC1(CCC)c2cc(Sc3ccc(C(F)(F)F)cc3)ccc2-c2c1c1c(c3cc(OC)c(OC)cc23)OC(c2ccc(OC)cc2)(c2ccc(OC)cc2)C=C1. The van der Waals surface area contributed by atoms with Gasteiger partial charge >= 0.3 is 6.18 Å². The second kappa shape index (κ2) is 15.3. The maximum Gasteiger partial charge on any atom is 0.416 e. The van der Waals surface area contributed by atoms with Crippen molar-refractivity contribution in [3.8, 4) is 39.9 Å². The number of hydrogen-bond acceptors (Lipinski definition) is 6. The summed E-state index contributed by atoms with van der Waals surface area (Å²) in [5.74, 6) is 3.43. The minimum Gasteiger partial charge on any atom is -0.497 e. The van der Waals surface area contributed by atoms with E-state index in [0.717, 1.165) is 103 Å². The van der Waals surface area contributed by atoms with Crippen LogP contribution in [-0.4, -0.2) is 28.4 Å². The van der Waals surface area contributed by atoms with Crippen LogP contribution in [0.3, 0.4) is 0 Å². The van der Waals surface area contributed by atoms with E-state index in [1.165, 1.54) is 22.9 Å². The van der Waals surface area contributed by atoms with Crippen molar-refractivity contribution in [1.82, 2.24) is 0 Å². The van der Waals surface area contributed by atoms with Gasteiger partial charge in [-0.25, -0.2) is 0 Å². The number of fused-ring (bicyclic) bond motifs is 8. The fourth-order valence-electron chi connectivity index (χ4n) is 9.08. The van der Waals surface area contributed by atoms with Crippen LogP contribution in [0.4, 0.5) is 13.2 Å². The molecule has 0 aromatic heterocycles. The molecule has 6 aromatic rings. The van der Waals surface area contributed by atoms with Gasteiger partial charge in [-0.2, -0.15) is 13.2 Å². The molecule has 1 aliphatic heterocycles. The molecule has 0 spiro atoms. The summed E-state index contributed by atoms with van der Waals surface area (Å²) < 4.78 is 70.8. The van der Waals surface area contributed by atoms with Crippen molar-refractivity contribution in [2.24, 2.45) is 0 Å². The Kier molecular flexibility index (Phi) is 10.4. The average molecular weight is 803 g/mol. The average Bonchev–Trinajstić information content (AvgIpc) is 3.52. The number of hydrogen-bond donors (Lipinski definition) is 0. The van der Waals surface area contributed by atoms with Crippen molar-refractivity contribution in [3.05, 3.63) is 143 Å². The van der Waals surface area contributed by atoms with Crippen molar-refractivity contribution >= 4 is 28.6 Å². The Hall–Kier alpha value is -5.54. The van der Waals surface area contributed by atoms with E-state index in [2.05, 4.69) is 50.3 Å². The van der Waals surface area contributed by atoms with Gasteiger partial charge in [0.15, 0.2) is 17.1 Å². The second-order valence-electron chi connectivity index (χ2n) is 14.8. The van der Waals surface area contributed by atoms with E-state index < -0.39 is 17.3 Å². The van der Waals surface area contributed by atoms with E-state index >= 15 is 0 Å². The van der Waals surface area contributed by atoms with E-state index in [9.17, 15) is 13.2 Å². The predicted molar refractivity (Wildman–Crippen MR) is 225 cm³/mol. The molecule has 9 heteroatoms. The lowest BCUT2D eigenvalue weighted by molar-refractivity contribution is -0.137. The van der Waals surface area contributed by atoms with E-state index in [-0.39, 0.29) is 5.41 Å². The monoisotopic (exact) mass is 802 g/mol. The van der Waals surface area contributed by atoms with Crippen LogP contribution in [0.1, 0.15) is 72.9 Å². The summed E-state index contributed by atoms with van der Waals surface area (Å²) in [6.45, 7) is 4.45. The largest absolute Gasteiger partial charge is 0.497 e. The van der Waals surface area contributed by atoms with Gasteiger partial charge in [0.1, 0.15) is 17.2 Å². The number of ether oxygens (including phenoxy) is 5. The molecule has 8 rings (SSSR count). The Balaban J connectivity index is 1.39. The first-order chi connectivity index (χ1) is 28.0. The first kappa shape index (κ1) is 39.3. The third-order valence-corrected chi connectivity index (χ3v) is 12.6. The molecule has 0 saturated heterocycles. The fourth-order valence-corrected chi connectivity index (χ4v) is 9.94. The quantitative estimate of drug-likeness (QED) is 0.123. The number of methoxy groups -OCH3 is 4. The molecule has 0 bridgehead atoms. The molecule has 58 heavy (non-hydrogen) atoms. The summed E-state index contributed by atoms with van der Waals surface area (Å²) in [5.41, 5.74) is 5.49. The van der Waals surface area contributed by atoms with Gasteiger partial charge in [0.2, 0.25) is 0 Å². The summed E-state index contributed by atoms with van der Waals surface area (Å²) in [7, 11) is 6.60. The zero-order valence-electron chi connectivity index (χ0n) is 33.4. The highest BCUT2D eigenvalue weighted by Crippen LogP contribution is 2.62. The minimum absolute atomic E-state index is 0.385. The summed E-state index contributed by atoms with van der Waals surface area (Å²) in [6, 6.07) is 32.0. The fraction of sp³-hybridized carbons (Fsp3) is 0.265. The number of benzene rings is 6. The normalized spacial score (nSPS) is 14.6. The maximum atomic E-state index is 13.4. The lowest BCUT2D eigenvalue weighted by Crippen LogP contribution is -2.35. The molecule has 0 radical (unpaired) electrons. The Morgan fingerprint density at radius 3 is 1.71 bits per heavy atom. The number of halogens is 3. The van der Waals surface area contributed by atoms with Crippen LogP contribution in [0.5, 0.6) is 28.7 Å². The molecule has 1 aliphatic carbocycles. The Morgan fingerprint density at radius 1 is 0.638 bits per heavy atom. The van der Waals surface area contributed by atoms with Crippen molar-refractivity contribution < 1.29 is 36.9 Å². The molecular formula is C49H45F3O5S. The molecule has 1 heterocycles. The van der Waals surface area contributed by atoms with Gasteiger partial charge in [-0.15, -0.1) is 0 Å². The first-order valence-corrected chi connectivity index (χ1v) is 20.3. The second-order valence-corrected chi connectivity index (χ2v) is 15.9. The van der Waals surface area contributed by atoms with Gasteiger partial charge in [-0.3, -0.25) is 0 Å². The molecular weight excluding hydrogens is 758 g/mol. The third-order valence-electron chi connectivity index (χ3n) is 11.6. The van der Waals surface area contributed by atoms with Crippen LogP contribution in [0, 0.1) is 0 Å². The highest BCUT2D eigenvalue weighted by molar-refractivity contribution is 7.99. The summed E-state index contributed by atoms with van der Waals surface area (Å²) in [5, 5.41) is 1.87. The van der Waals surface area contributed by atoms with Crippen LogP contribution >= 0.6 is 11.8 Å². The van der Waals surface area contributed by atoms with Gasteiger partial charge in [0, 0.05) is 37.3 Å². The Bertz CT molecular complexity index is 2450. The molecule has 0 fully saturated rings. The summed E-state index contributed by atoms with van der Waals surface area (Å²) >= 11 is 1.47. The standard InChI is InChI=1S/C49H45F3O5S/c1-7-24-47(25-8-2)41-27-36(58-35-19-13-32(14-20-35)49(50,51)52)21-22-37(41)44-39-28-42(55-5)43(56-6)29-40(39)46-38(45(44)47)23-26-48(57-46,30-9-15-33(53-3)16-10-30)31-11-17-34(54-4)18-12-31/h9-23,26-29H,7-8,24-25H2,1-6H3. The highest BCUT2D eigenvalue weighted by Gasteiger charge is 2.48. The van der Waals surface area contributed by atoms with Gasteiger partial charge in [-0.05, 0) is 119 Å². The molecule has 2 aliphatic rings. The van der Waals surface area contributed by atoms with Crippen LogP contribution < -0.4 is 23.7 Å². The van der Waals surface area contributed by atoms with Crippen LogP contribution in [0.2, 0.25) is 0 Å². The summed E-state index contributed by atoms with van der Waals surface area (Å²) in [4.78, 5) is 1.70. The van der Waals surface area contributed by atoms with Crippen molar-refractivity contribution in [1.29, 1.82) is 0 Å². The number of rotatable bonds is 12. The molecule has 0 unspecified atom stereocenters. The van der Waals surface area contributed by atoms with Crippen LogP contribution in [0.25, 0.3) is 28.0 Å². The van der Waals surface area contributed by atoms with Gasteiger partial charge in [0.25, 0.3) is 0 Å². The predicted octanol–water partition coefficient (Wildman–Crippen LogP) is 13.3. The molecule has 0 saturated carbocycles. The van der Waals surface area contributed by atoms with E-state index in [1.807, 2.05) is 54.6 Å². The minimum atomic E-state index is -4.39. The molecule has 0 N–H and O–H groups in total. The maximum absolute atomic E-state index is 13.4. The third kappa shape index (κ3) is 6.44. The highest BCUT2D eigenvalue weighted by atomic mass is 32.2. The van der Waals surface area contributed by atoms with Crippen molar-refractivity contribution in [2.75, 3.05) is 28.4 Å². The summed E-state index contributed by atoms with van der Waals surface area (Å²) in [6.07, 6.45) is 3.65. The Morgan fingerprint density at radius 2 is 1.19 bits per heavy atom. The van der Waals surface area contributed by atoms with Crippen LogP contribution in [-0.2, 0) is 17.2 Å². The first-order valence-electron chi connectivity index (χ1n) is 19.5. The lowest BCUT2D eigenvalue weighted by Gasteiger charge is -2.40. The topological polar surface area (TPSA) is 46.2 Å². The van der Waals surface area contributed by atoms with E-state index in [0.29, 0.717) is 11.5 Å². The molecule has 5 nitrogen and oxygen atoms in total. The van der Waals surface area contributed by atoms with Crippen molar-refractivity contribution in [3.63, 3.8) is 0 Å². The van der Waals surface area contributed by atoms with E-state index in [4.69, 9.17) is 23.7 Å². The van der Waals surface area contributed by atoms with Gasteiger partial charge in [0.05, 0.1) is 34.0 Å². The molecule has 298 valence electrons. The zero-order chi connectivity index (χ0) is 40.8. The van der Waals surface area contributed by atoms with Gasteiger partial charge in [-0.1, -0.05) is 74.9 Å². The van der Waals surface area contributed by atoms with Crippen molar-refractivity contribution in [2.45, 2.75) is 66.5 Å². The van der Waals surface area contributed by atoms with E-state index in [1.54, 1.807) is 40.6 Å². The van der Waals surface area contributed by atoms with Crippen LogP contribution in [0.15, 0.2) is 119 Å². The Labute approximate surface area is 341 Å². The number of alkyl halides is 3. The van der Waals surface area contributed by atoms with Gasteiger partial charge < -0.3 is 23.7 Å².